The Hall–Kier alpha value is -2.96. The highest BCUT2D eigenvalue weighted by molar-refractivity contribution is 6.36. The maximum Gasteiger partial charge on any atom is 0.276 e. The summed E-state index contributed by atoms with van der Waals surface area (Å²) in [7, 11) is 0. The molecule has 1 N–H and O–H groups in total. The van der Waals surface area contributed by atoms with Crippen molar-refractivity contribution in [3.63, 3.8) is 0 Å². The van der Waals surface area contributed by atoms with Gasteiger partial charge < -0.3 is 5.32 Å². The summed E-state index contributed by atoms with van der Waals surface area (Å²) in [5.41, 5.74) is 1.66. The number of nitrogens with one attached hydrogen (secondary N) is 1. The van der Waals surface area contributed by atoms with Crippen LogP contribution in [0.5, 0.6) is 0 Å². The van der Waals surface area contributed by atoms with E-state index in [1.807, 2.05) is 12.1 Å². The Morgan fingerprint density at radius 2 is 1.69 bits per heavy atom. The van der Waals surface area contributed by atoms with Crippen LogP contribution in [0.1, 0.15) is 16.1 Å². The number of carbonyl (C=O) groups is 1. The van der Waals surface area contributed by atoms with Crippen molar-refractivity contribution in [1.82, 2.24) is 9.78 Å². The maximum absolute atomic E-state index is 13.4. The Balaban J connectivity index is 1.72. The summed E-state index contributed by atoms with van der Waals surface area (Å²) in [6, 6.07) is 15.5. The van der Waals surface area contributed by atoms with Gasteiger partial charge in [-0.25, -0.2) is 8.78 Å². The molecule has 4 rings (SSSR count). The third kappa shape index (κ3) is 3.81. The van der Waals surface area contributed by atoms with Crippen LogP contribution in [0.25, 0.3) is 10.9 Å². The third-order valence-corrected chi connectivity index (χ3v) is 5.13. The highest BCUT2D eigenvalue weighted by Crippen LogP contribution is 2.27. The first-order chi connectivity index (χ1) is 13.9. The Kier molecular flexibility index (Phi) is 5.22. The largest absolute Gasteiger partial charge is 0.320 e. The zero-order valence-electron chi connectivity index (χ0n) is 14.8. The molecule has 8 heteroatoms. The molecule has 0 bridgehead atoms. The van der Waals surface area contributed by atoms with Crippen molar-refractivity contribution in [1.29, 1.82) is 0 Å². The van der Waals surface area contributed by atoms with E-state index in [0.29, 0.717) is 26.5 Å². The first-order valence-electron chi connectivity index (χ1n) is 8.59. The summed E-state index contributed by atoms with van der Waals surface area (Å²) in [5.74, 6) is -2.59. The number of benzene rings is 3. The van der Waals surface area contributed by atoms with Gasteiger partial charge >= 0.3 is 0 Å². The molecule has 1 heterocycles. The number of fused-ring (bicyclic) bond motifs is 1. The van der Waals surface area contributed by atoms with Crippen LogP contribution in [-0.4, -0.2) is 15.7 Å². The Labute approximate surface area is 174 Å². The molecule has 0 radical (unpaired) electrons. The Morgan fingerprint density at radius 3 is 2.41 bits per heavy atom. The van der Waals surface area contributed by atoms with Crippen molar-refractivity contribution < 1.29 is 13.6 Å². The quantitative estimate of drug-likeness (QED) is 0.435. The van der Waals surface area contributed by atoms with Crippen molar-refractivity contribution in [2.24, 2.45) is 0 Å². The van der Waals surface area contributed by atoms with Crippen LogP contribution in [0.15, 0.2) is 60.7 Å². The van der Waals surface area contributed by atoms with E-state index in [4.69, 9.17) is 23.2 Å². The van der Waals surface area contributed by atoms with Gasteiger partial charge in [-0.3, -0.25) is 9.48 Å². The van der Waals surface area contributed by atoms with E-state index >= 15 is 0 Å². The van der Waals surface area contributed by atoms with Crippen LogP contribution < -0.4 is 5.32 Å². The summed E-state index contributed by atoms with van der Waals surface area (Å²) >= 11 is 12.5. The fraction of sp³-hybridized carbons (Fsp3) is 0.0476. The second kappa shape index (κ2) is 7.81. The van der Waals surface area contributed by atoms with E-state index in [2.05, 4.69) is 10.4 Å². The first kappa shape index (κ1) is 19.4. The van der Waals surface area contributed by atoms with Gasteiger partial charge in [0.1, 0.15) is 0 Å². The first-order valence-corrected chi connectivity index (χ1v) is 9.34. The minimum atomic E-state index is -1.05. The fourth-order valence-electron chi connectivity index (χ4n) is 3.01. The molecule has 29 heavy (non-hydrogen) atoms. The standard InChI is InChI=1S/C21H13Cl2F2N3O/c22-15-5-3-6-16(23)14(15)11-28-19-7-2-1-4-13(19)20(27-28)21(29)26-12-8-9-17(24)18(25)10-12/h1-10H,11H2,(H,26,29). The molecular weight excluding hydrogens is 419 g/mol. The Bertz CT molecular complexity index is 1220. The van der Waals surface area contributed by atoms with Crippen molar-refractivity contribution in [3.05, 3.63) is 93.6 Å². The molecule has 0 aliphatic heterocycles. The van der Waals surface area contributed by atoms with Crippen LogP contribution in [-0.2, 0) is 6.54 Å². The lowest BCUT2D eigenvalue weighted by molar-refractivity contribution is 0.102. The molecule has 4 aromatic rings. The number of hydrogen-bond donors (Lipinski definition) is 1. The molecule has 0 atom stereocenters. The van der Waals surface area contributed by atoms with Gasteiger partial charge in [0, 0.05) is 32.7 Å². The van der Waals surface area contributed by atoms with Crippen LogP contribution in [0.4, 0.5) is 14.5 Å². The minimum Gasteiger partial charge on any atom is -0.320 e. The molecule has 4 nitrogen and oxygen atoms in total. The predicted molar refractivity (Wildman–Crippen MR) is 110 cm³/mol. The molecule has 0 aliphatic carbocycles. The summed E-state index contributed by atoms with van der Waals surface area (Å²) in [5, 5.41) is 8.56. The number of anilines is 1. The molecule has 0 spiro atoms. The normalized spacial score (nSPS) is 11.0. The van der Waals surface area contributed by atoms with Crippen LogP contribution in [0.2, 0.25) is 10.0 Å². The molecule has 146 valence electrons. The summed E-state index contributed by atoms with van der Waals surface area (Å²) in [6.07, 6.45) is 0. The topological polar surface area (TPSA) is 46.9 Å². The molecule has 0 aliphatic rings. The third-order valence-electron chi connectivity index (χ3n) is 4.42. The molecule has 1 amide bonds. The van der Waals surface area contributed by atoms with Crippen LogP contribution >= 0.6 is 23.2 Å². The van der Waals surface area contributed by atoms with Gasteiger partial charge in [0.2, 0.25) is 0 Å². The van der Waals surface area contributed by atoms with E-state index in [0.717, 1.165) is 12.1 Å². The van der Waals surface area contributed by atoms with Crippen molar-refractivity contribution >= 4 is 45.7 Å². The van der Waals surface area contributed by atoms with Gasteiger partial charge in [-0.15, -0.1) is 0 Å². The highest BCUT2D eigenvalue weighted by Gasteiger charge is 2.19. The van der Waals surface area contributed by atoms with Gasteiger partial charge in [0.15, 0.2) is 17.3 Å². The second-order valence-corrected chi connectivity index (χ2v) is 7.12. The number of aromatic nitrogens is 2. The van der Waals surface area contributed by atoms with Gasteiger partial charge in [-0.2, -0.15) is 5.10 Å². The number of para-hydroxylation sites is 1. The molecule has 0 fully saturated rings. The van der Waals surface area contributed by atoms with Gasteiger partial charge in [0.25, 0.3) is 5.91 Å². The minimum absolute atomic E-state index is 0.127. The number of hydrogen-bond acceptors (Lipinski definition) is 2. The van der Waals surface area contributed by atoms with Gasteiger partial charge in [-0.05, 0) is 30.3 Å². The number of carbonyl (C=O) groups excluding carboxylic acids is 1. The number of nitrogens with zero attached hydrogens (tertiary/aromatic N) is 2. The second-order valence-electron chi connectivity index (χ2n) is 6.31. The highest BCUT2D eigenvalue weighted by atomic mass is 35.5. The number of halogens is 4. The van der Waals surface area contributed by atoms with Crippen molar-refractivity contribution in [2.75, 3.05) is 5.32 Å². The smallest absolute Gasteiger partial charge is 0.276 e. The SMILES string of the molecule is O=C(Nc1ccc(F)c(F)c1)c1nn(Cc2c(Cl)cccc2Cl)c2ccccc12. The van der Waals surface area contributed by atoms with Crippen LogP contribution in [0, 0.1) is 11.6 Å². The van der Waals surface area contributed by atoms with E-state index in [1.165, 1.54) is 6.07 Å². The maximum atomic E-state index is 13.4. The zero-order valence-corrected chi connectivity index (χ0v) is 16.3. The Morgan fingerprint density at radius 1 is 0.966 bits per heavy atom. The number of rotatable bonds is 4. The monoisotopic (exact) mass is 431 g/mol. The average molecular weight is 432 g/mol. The van der Waals surface area contributed by atoms with Crippen LogP contribution in [0.3, 0.4) is 0 Å². The summed E-state index contributed by atoms with van der Waals surface area (Å²) < 4.78 is 28.2. The van der Waals surface area contributed by atoms with E-state index in [9.17, 15) is 13.6 Å². The van der Waals surface area contributed by atoms with Crippen molar-refractivity contribution in [2.45, 2.75) is 6.54 Å². The molecular formula is C21H13Cl2F2N3O. The van der Waals surface area contributed by atoms with Gasteiger partial charge in [0.05, 0.1) is 12.1 Å². The molecule has 1 aromatic heterocycles. The predicted octanol–water partition coefficient (Wildman–Crippen LogP) is 5.92. The summed E-state index contributed by atoms with van der Waals surface area (Å²) in [4.78, 5) is 12.8. The zero-order chi connectivity index (χ0) is 20.5. The summed E-state index contributed by atoms with van der Waals surface area (Å²) in [6.45, 7) is 0.261. The molecule has 3 aromatic carbocycles. The molecule has 0 saturated carbocycles. The number of amides is 1. The average Bonchev–Trinajstić information content (AvgIpc) is 3.06. The lowest BCUT2D eigenvalue weighted by Crippen LogP contribution is -2.14. The van der Waals surface area contributed by atoms with E-state index < -0.39 is 17.5 Å². The van der Waals surface area contributed by atoms with Crippen molar-refractivity contribution in [3.8, 4) is 0 Å². The lowest BCUT2D eigenvalue weighted by atomic mass is 10.2. The van der Waals surface area contributed by atoms with E-state index in [1.54, 1.807) is 35.0 Å². The van der Waals surface area contributed by atoms with Gasteiger partial charge in [-0.1, -0.05) is 47.5 Å². The fourth-order valence-corrected chi connectivity index (χ4v) is 3.53. The van der Waals surface area contributed by atoms with E-state index in [-0.39, 0.29) is 17.9 Å². The lowest BCUT2D eigenvalue weighted by Gasteiger charge is -2.08. The molecule has 0 unspecified atom stereocenters. The molecule has 0 saturated heterocycles.